The van der Waals surface area contributed by atoms with Crippen molar-refractivity contribution in [1.82, 2.24) is 20.0 Å². The molecule has 0 radical (unpaired) electrons. The SMILES string of the molecule is Cc1cccc(F)c1N1CCC(N2Cc3cn(C[C@H]4CC(F)(F)CN4)nc3N(Cc3ccccc3C(F)(F)F)C2=O)CC1. The highest BCUT2D eigenvalue weighted by Crippen LogP contribution is 2.37. The van der Waals surface area contributed by atoms with Gasteiger partial charge in [0.2, 0.25) is 0 Å². The van der Waals surface area contributed by atoms with E-state index in [-0.39, 0.29) is 49.3 Å². The number of nitrogens with zero attached hydrogens (tertiary/aromatic N) is 5. The Morgan fingerprint density at radius 3 is 2.49 bits per heavy atom. The van der Waals surface area contributed by atoms with Gasteiger partial charge in [0.15, 0.2) is 5.82 Å². The van der Waals surface area contributed by atoms with Gasteiger partial charge in [0.05, 0.1) is 37.4 Å². The molecular formula is C30H32F6N6O. The maximum absolute atomic E-state index is 14.6. The van der Waals surface area contributed by atoms with Crippen LogP contribution in [0, 0.1) is 12.7 Å². The van der Waals surface area contributed by atoms with E-state index in [9.17, 15) is 31.1 Å². The second-order valence-corrected chi connectivity index (χ2v) is 11.6. The van der Waals surface area contributed by atoms with Gasteiger partial charge in [0.25, 0.3) is 5.92 Å². The van der Waals surface area contributed by atoms with E-state index in [1.165, 1.54) is 33.8 Å². The van der Waals surface area contributed by atoms with Crippen LogP contribution in [0.15, 0.2) is 48.7 Å². The summed E-state index contributed by atoms with van der Waals surface area (Å²) in [4.78, 5) is 18.9. The molecule has 2 amide bonds. The molecule has 0 aliphatic carbocycles. The third kappa shape index (κ3) is 5.91. The van der Waals surface area contributed by atoms with E-state index in [0.29, 0.717) is 37.2 Å². The van der Waals surface area contributed by atoms with Crippen molar-refractivity contribution in [2.45, 2.75) is 70.0 Å². The van der Waals surface area contributed by atoms with Gasteiger partial charge in [-0.2, -0.15) is 18.3 Å². The van der Waals surface area contributed by atoms with Crippen molar-refractivity contribution in [3.8, 4) is 0 Å². The topological polar surface area (TPSA) is 56.6 Å². The first kappa shape index (κ1) is 29.3. The summed E-state index contributed by atoms with van der Waals surface area (Å²) in [5, 5.41) is 7.30. The lowest BCUT2D eigenvalue weighted by atomic mass is 10.00. The Hall–Kier alpha value is -3.74. The van der Waals surface area contributed by atoms with E-state index in [2.05, 4.69) is 10.4 Å². The highest BCUT2D eigenvalue weighted by atomic mass is 19.4. The number of hydrogen-bond acceptors (Lipinski definition) is 4. The largest absolute Gasteiger partial charge is 0.416 e. The fraction of sp³-hybridized carbons (Fsp3) is 0.467. The van der Waals surface area contributed by atoms with Crippen LogP contribution in [0.4, 0.5) is 42.6 Å². The number of halogens is 6. The molecule has 230 valence electrons. The normalized spacial score (nSPS) is 21.0. The average molecular weight is 607 g/mol. The summed E-state index contributed by atoms with van der Waals surface area (Å²) >= 11 is 0. The summed E-state index contributed by atoms with van der Waals surface area (Å²) < 4.78 is 85.3. The lowest BCUT2D eigenvalue weighted by molar-refractivity contribution is -0.138. The zero-order valence-corrected chi connectivity index (χ0v) is 23.5. The number of carbonyl (C=O) groups is 1. The van der Waals surface area contributed by atoms with Crippen molar-refractivity contribution in [3.63, 3.8) is 0 Å². The number of aryl methyl sites for hydroxylation is 1. The predicted octanol–water partition coefficient (Wildman–Crippen LogP) is 5.96. The standard InChI is InChI=1S/C30H32F6N6O/c1-19-5-4-8-25(31)26(19)39-11-9-23(10-12-39)41-16-21-14-40(17-22-13-29(32,33)18-37-22)38-27(21)42(28(41)43)15-20-6-2-3-7-24(20)30(34,35)36/h2-8,14,22-23,37H,9-13,15-18H2,1H3/t22-/m1/s1. The first-order chi connectivity index (χ1) is 20.4. The number of fused-ring (bicyclic) bond motifs is 1. The third-order valence-electron chi connectivity index (χ3n) is 8.55. The van der Waals surface area contributed by atoms with Crippen LogP contribution in [0.1, 0.15) is 41.5 Å². The number of nitrogens with one attached hydrogen (secondary N) is 1. The van der Waals surface area contributed by atoms with Gasteiger partial charge in [-0.15, -0.1) is 0 Å². The molecule has 0 unspecified atom stereocenters. The summed E-state index contributed by atoms with van der Waals surface area (Å²) in [6, 6.07) is 8.79. The number of benzene rings is 2. The van der Waals surface area contributed by atoms with Crippen LogP contribution in [-0.2, 0) is 25.8 Å². The second kappa shape index (κ2) is 11.1. The van der Waals surface area contributed by atoms with Crippen LogP contribution in [0.25, 0.3) is 0 Å². The van der Waals surface area contributed by atoms with Crippen LogP contribution in [-0.4, -0.2) is 58.4 Å². The lowest BCUT2D eigenvalue weighted by Gasteiger charge is -2.43. The van der Waals surface area contributed by atoms with Gasteiger partial charge in [-0.1, -0.05) is 30.3 Å². The first-order valence-electron chi connectivity index (χ1n) is 14.3. The summed E-state index contributed by atoms with van der Waals surface area (Å²) in [6.07, 6.45) is -2.21. The molecule has 3 aliphatic rings. The summed E-state index contributed by atoms with van der Waals surface area (Å²) in [5.41, 5.74) is 1.06. The predicted molar refractivity (Wildman–Crippen MR) is 149 cm³/mol. The molecular weight excluding hydrogens is 574 g/mol. The van der Waals surface area contributed by atoms with E-state index in [1.54, 1.807) is 17.2 Å². The Bertz CT molecular complexity index is 1480. The van der Waals surface area contributed by atoms with Gasteiger partial charge in [0.1, 0.15) is 5.82 Å². The number of urea groups is 1. The Morgan fingerprint density at radius 1 is 1.07 bits per heavy atom. The number of amides is 2. The monoisotopic (exact) mass is 606 g/mol. The molecule has 2 saturated heterocycles. The van der Waals surface area contributed by atoms with Crippen LogP contribution in [0.5, 0.6) is 0 Å². The minimum atomic E-state index is -4.62. The number of aromatic nitrogens is 2. The fourth-order valence-electron chi connectivity index (χ4n) is 6.49. The molecule has 13 heteroatoms. The molecule has 43 heavy (non-hydrogen) atoms. The van der Waals surface area contributed by atoms with Gasteiger partial charge < -0.3 is 15.1 Å². The van der Waals surface area contributed by atoms with E-state index in [4.69, 9.17) is 0 Å². The summed E-state index contributed by atoms with van der Waals surface area (Å²) in [7, 11) is 0. The molecule has 7 nitrogen and oxygen atoms in total. The fourth-order valence-corrected chi connectivity index (χ4v) is 6.49. The van der Waals surface area contributed by atoms with Crippen molar-refractivity contribution in [3.05, 3.63) is 76.7 Å². The second-order valence-electron chi connectivity index (χ2n) is 11.6. The van der Waals surface area contributed by atoms with Crippen molar-refractivity contribution in [2.75, 3.05) is 29.4 Å². The number of rotatable bonds is 6. The molecule has 3 aliphatic heterocycles. The molecule has 2 aromatic carbocycles. The Kier molecular flexibility index (Phi) is 7.55. The maximum atomic E-state index is 14.6. The van der Waals surface area contributed by atoms with Crippen molar-refractivity contribution < 1.29 is 31.1 Å². The van der Waals surface area contributed by atoms with E-state index in [1.807, 2.05) is 17.9 Å². The molecule has 0 spiro atoms. The van der Waals surface area contributed by atoms with Crippen LogP contribution in [0.3, 0.4) is 0 Å². The zero-order chi connectivity index (χ0) is 30.5. The number of alkyl halides is 5. The lowest BCUT2D eigenvalue weighted by Crippen LogP contribution is -2.54. The Labute approximate surface area is 245 Å². The highest BCUT2D eigenvalue weighted by Gasteiger charge is 2.42. The minimum absolute atomic E-state index is 0.0763. The van der Waals surface area contributed by atoms with E-state index in [0.717, 1.165) is 11.6 Å². The molecule has 0 bridgehead atoms. The van der Waals surface area contributed by atoms with Gasteiger partial charge >= 0.3 is 12.2 Å². The van der Waals surface area contributed by atoms with Gasteiger partial charge in [-0.25, -0.2) is 18.0 Å². The molecule has 2 fully saturated rings. The van der Waals surface area contributed by atoms with Crippen molar-refractivity contribution >= 4 is 17.5 Å². The van der Waals surface area contributed by atoms with E-state index >= 15 is 0 Å². The van der Waals surface area contributed by atoms with Crippen LogP contribution < -0.4 is 15.1 Å². The number of hydrogen-bond donors (Lipinski definition) is 1. The van der Waals surface area contributed by atoms with Gasteiger partial charge in [-0.05, 0) is 43.0 Å². The van der Waals surface area contributed by atoms with Crippen molar-refractivity contribution in [1.29, 1.82) is 0 Å². The third-order valence-corrected chi connectivity index (χ3v) is 8.55. The molecule has 3 aromatic rings. The first-order valence-corrected chi connectivity index (χ1v) is 14.3. The quantitative estimate of drug-likeness (QED) is 0.352. The molecule has 1 atom stereocenters. The number of piperidine rings is 1. The van der Waals surface area contributed by atoms with Crippen LogP contribution >= 0.6 is 0 Å². The number of para-hydroxylation sites is 1. The minimum Gasteiger partial charge on any atom is -0.369 e. The maximum Gasteiger partial charge on any atom is 0.416 e. The van der Waals surface area contributed by atoms with E-state index < -0.39 is 36.3 Å². The molecule has 4 heterocycles. The molecule has 0 saturated carbocycles. The smallest absolute Gasteiger partial charge is 0.369 e. The summed E-state index contributed by atoms with van der Waals surface area (Å²) in [6.45, 7) is 2.37. The summed E-state index contributed by atoms with van der Waals surface area (Å²) in [5.74, 6) is -2.91. The average Bonchev–Trinajstić information content (AvgIpc) is 3.51. The number of anilines is 2. The zero-order valence-electron chi connectivity index (χ0n) is 23.5. The Balaban J connectivity index is 1.27. The molecule has 1 N–H and O–H groups in total. The molecule has 6 rings (SSSR count). The molecule has 1 aromatic heterocycles. The highest BCUT2D eigenvalue weighted by molar-refractivity contribution is 5.94. The van der Waals surface area contributed by atoms with Gasteiger partial charge in [0, 0.05) is 43.4 Å². The van der Waals surface area contributed by atoms with Crippen molar-refractivity contribution in [2.24, 2.45) is 0 Å². The number of carbonyl (C=O) groups excluding carboxylic acids is 1. The Morgan fingerprint density at radius 2 is 1.81 bits per heavy atom. The van der Waals surface area contributed by atoms with Gasteiger partial charge in [-0.3, -0.25) is 9.58 Å². The van der Waals surface area contributed by atoms with Crippen LogP contribution in [0.2, 0.25) is 0 Å².